The Labute approximate surface area is 192 Å². The molecule has 0 bridgehead atoms. The number of hydrogen-bond donors (Lipinski definition) is 2. The second-order valence-corrected chi connectivity index (χ2v) is 8.63. The third kappa shape index (κ3) is 4.94. The number of ether oxygens (including phenoxy) is 1. The van der Waals surface area contributed by atoms with Gasteiger partial charge in [-0.1, -0.05) is 35.5 Å². The van der Waals surface area contributed by atoms with Gasteiger partial charge in [-0.2, -0.15) is 5.26 Å². The van der Waals surface area contributed by atoms with Gasteiger partial charge in [-0.25, -0.2) is 14.6 Å². The fourth-order valence-electron chi connectivity index (χ4n) is 3.67. The average Bonchev–Trinajstić information content (AvgIpc) is 2.73. The predicted octanol–water partition coefficient (Wildman–Crippen LogP) is 4.15. The minimum atomic E-state index is -0.638. The quantitative estimate of drug-likeness (QED) is 0.506. The van der Waals surface area contributed by atoms with E-state index in [0.29, 0.717) is 21.9 Å². The van der Waals surface area contributed by atoms with E-state index < -0.39 is 18.0 Å². The number of nitrogens with zero attached hydrogens (tertiary/aromatic N) is 2. The van der Waals surface area contributed by atoms with Crippen LogP contribution in [0.1, 0.15) is 46.5 Å². The Morgan fingerprint density at radius 1 is 1.22 bits per heavy atom. The number of hydrogen-bond acceptors (Lipinski definition) is 6. The van der Waals surface area contributed by atoms with Gasteiger partial charge in [0.15, 0.2) is 0 Å². The normalized spacial score (nSPS) is 15.6. The zero-order valence-corrected chi connectivity index (χ0v) is 19.6. The molecular formula is C24H26N4O3S. The Morgan fingerprint density at radius 2 is 1.97 bits per heavy atom. The van der Waals surface area contributed by atoms with Crippen molar-refractivity contribution in [2.75, 3.05) is 12.4 Å². The fraction of sp³-hybridized carbons (Fsp3) is 0.333. The van der Waals surface area contributed by atoms with Gasteiger partial charge in [0.1, 0.15) is 11.1 Å². The molecular weight excluding hydrogens is 424 g/mol. The number of aromatic nitrogens is 1. The molecule has 8 heteroatoms. The third-order valence-electron chi connectivity index (χ3n) is 5.17. The number of rotatable bonds is 6. The van der Waals surface area contributed by atoms with Crippen molar-refractivity contribution in [3.05, 3.63) is 69.0 Å². The van der Waals surface area contributed by atoms with Crippen molar-refractivity contribution in [2.24, 2.45) is 0 Å². The number of aryl methyl sites for hydroxylation is 4. The molecule has 166 valence electrons. The first-order chi connectivity index (χ1) is 15.2. The van der Waals surface area contributed by atoms with E-state index in [1.807, 2.05) is 52.0 Å². The molecule has 1 aromatic carbocycles. The summed E-state index contributed by atoms with van der Waals surface area (Å²) in [6.45, 7) is 9.60. The summed E-state index contributed by atoms with van der Waals surface area (Å²) in [4.78, 5) is 30.0. The standard InChI is InChI=1S/C24H26N4O3S/c1-6-31-23(29)20-19(12-32-22-18(11-25)15(4)10-16(5)26-22)27-24(30)28-21(20)17-9-13(2)7-8-14(17)3/h7-10,21H,6,12H2,1-5H3,(H2,27,28,30). The number of carbonyl (C=O) groups excluding carboxylic acids is 2. The molecule has 0 saturated heterocycles. The number of esters is 1. The van der Waals surface area contributed by atoms with Gasteiger partial charge in [0.25, 0.3) is 0 Å². The summed E-state index contributed by atoms with van der Waals surface area (Å²) >= 11 is 1.31. The van der Waals surface area contributed by atoms with E-state index in [-0.39, 0.29) is 12.4 Å². The maximum atomic E-state index is 13.0. The topological polar surface area (TPSA) is 104 Å². The average molecular weight is 451 g/mol. The predicted molar refractivity (Wildman–Crippen MR) is 123 cm³/mol. The van der Waals surface area contributed by atoms with Gasteiger partial charge in [-0.05, 0) is 57.4 Å². The second-order valence-electron chi connectivity index (χ2n) is 7.67. The lowest BCUT2D eigenvalue weighted by atomic mass is 9.91. The van der Waals surface area contributed by atoms with Gasteiger partial charge >= 0.3 is 12.0 Å². The SMILES string of the molecule is CCOC(=O)C1=C(CSc2nc(C)cc(C)c2C#N)NC(=O)NC1c1cc(C)ccc1C. The van der Waals surface area contributed by atoms with Crippen molar-refractivity contribution < 1.29 is 14.3 Å². The van der Waals surface area contributed by atoms with Gasteiger partial charge in [0.05, 0.1) is 23.8 Å². The van der Waals surface area contributed by atoms with E-state index in [1.54, 1.807) is 6.92 Å². The molecule has 2 aromatic rings. The van der Waals surface area contributed by atoms with E-state index in [0.717, 1.165) is 27.9 Å². The van der Waals surface area contributed by atoms with Crippen molar-refractivity contribution in [1.82, 2.24) is 15.6 Å². The number of amides is 2. The van der Waals surface area contributed by atoms with Crippen molar-refractivity contribution in [2.45, 2.75) is 45.7 Å². The van der Waals surface area contributed by atoms with E-state index in [4.69, 9.17) is 4.74 Å². The Hall–Kier alpha value is -3.31. The Balaban J connectivity index is 2.07. The molecule has 0 spiro atoms. The zero-order valence-electron chi connectivity index (χ0n) is 18.8. The maximum absolute atomic E-state index is 13.0. The number of nitrogens with one attached hydrogen (secondary N) is 2. The van der Waals surface area contributed by atoms with Crippen LogP contribution < -0.4 is 10.6 Å². The van der Waals surface area contributed by atoms with Gasteiger partial charge in [0, 0.05) is 17.1 Å². The number of benzene rings is 1. The lowest BCUT2D eigenvalue weighted by Crippen LogP contribution is -2.46. The zero-order chi connectivity index (χ0) is 23.4. The summed E-state index contributed by atoms with van der Waals surface area (Å²) in [5.41, 5.74) is 5.76. The lowest BCUT2D eigenvalue weighted by Gasteiger charge is -2.30. The molecule has 1 aliphatic rings. The fourth-order valence-corrected chi connectivity index (χ4v) is 4.74. The van der Waals surface area contributed by atoms with E-state index in [9.17, 15) is 14.9 Å². The summed E-state index contributed by atoms with van der Waals surface area (Å²) in [7, 11) is 0. The van der Waals surface area contributed by atoms with Crippen LogP contribution in [0.25, 0.3) is 0 Å². The monoisotopic (exact) mass is 450 g/mol. The third-order valence-corrected chi connectivity index (χ3v) is 6.17. The highest BCUT2D eigenvalue weighted by Gasteiger charge is 2.34. The maximum Gasteiger partial charge on any atom is 0.338 e. The molecule has 0 fully saturated rings. The molecule has 2 N–H and O–H groups in total. The number of carbonyl (C=O) groups is 2. The Bertz CT molecular complexity index is 1150. The first-order valence-electron chi connectivity index (χ1n) is 10.3. The summed E-state index contributed by atoms with van der Waals surface area (Å²) in [5, 5.41) is 15.8. The van der Waals surface area contributed by atoms with Crippen LogP contribution in [0.3, 0.4) is 0 Å². The molecule has 2 heterocycles. The molecule has 2 amide bonds. The Kier molecular flexibility index (Phi) is 7.21. The van der Waals surface area contributed by atoms with Gasteiger partial charge in [-0.3, -0.25) is 0 Å². The largest absolute Gasteiger partial charge is 0.463 e. The molecule has 0 saturated carbocycles. The van der Waals surface area contributed by atoms with Crippen LogP contribution in [0.15, 0.2) is 40.6 Å². The highest BCUT2D eigenvalue weighted by molar-refractivity contribution is 7.99. The summed E-state index contributed by atoms with van der Waals surface area (Å²) in [5.74, 6) is -0.233. The minimum Gasteiger partial charge on any atom is -0.463 e. The summed E-state index contributed by atoms with van der Waals surface area (Å²) in [6, 6.07) is 8.94. The molecule has 3 rings (SSSR count). The van der Waals surface area contributed by atoms with Gasteiger partial charge in [0.2, 0.25) is 0 Å². The van der Waals surface area contributed by atoms with Crippen LogP contribution >= 0.6 is 11.8 Å². The summed E-state index contributed by atoms with van der Waals surface area (Å²) in [6.07, 6.45) is 0. The van der Waals surface area contributed by atoms with Gasteiger partial charge < -0.3 is 15.4 Å². The van der Waals surface area contributed by atoms with Crippen LogP contribution in [0.4, 0.5) is 4.79 Å². The van der Waals surface area contributed by atoms with E-state index >= 15 is 0 Å². The Morgan fingerprint density at radius 3 is 2.66 bits per heavy atom. The summed E-state index contributed by atoms with van der Waals surface area (Å²) < 4.78 is 5.34. The molecule has 1 unspecified atom stereocenters. The lowest BCUT2D eigenvalue weighted by molar-refractivity contribution is -0.139. The first kappa shape index (κ1) is 23.4. The molecule has 1 aliphatic heterocycles. The van der Waals surface area contributed by atoms with Crippen LogP contribution in [-0.4, -0.2) is 29.3 Å². The van der Waals surface area contributed by atoms with E-state index in [2.05, 4.69) is 21.7 Å². The number of nitriles is 1. The smallest absolute Gasteiger partial charge is 0.338 e. The number of pyridine rings is 1. The van der Waals surface area contributed by atoms with E-state index in [1.165, 1.54) is 11.8 Å². The highest BCUT2D eigenvalue weighted by Crippen LogP contribution is 2.33. The second kappa shape index (κ2) is 9.88. The number of urea groups is 1. The first-order valence-corrected chi connectivity index (χ1v) is 11.3. The highest BCUT2D eigenvalue weighted by atomic mass is 32.2. The van der Waals surface area contributed by atoms with Crippen molar-refractivity contribution in [1.29, 1.82) is 5.26 Å². The molecule has 0 radical (unpaired) electrons. The minimum absolute atomic E-state index is 0.216. The van der Waals surface area contributed by atoms with Crippen LogP contribution in [-0.2, 0) is 9.53 Å². The molecule has 32 heavy (non-hydrogen) atoms. The van der Waals surface area contributed by atoms with Crippen molar-refractivity contribution >= 4 is 23.8 Å². The number of thioether (sulfide) groups is 1. The van der Waals surface area contributed by atoms with Crippen LogP contribution in [0.2, 0.25) is 0 Å². The molecule has 0 aliphatic carbocycles. The van der Waals surface area contributed by atoms with Crippen LogP contribution in [0.5, 0.6) is 0 Å². The van der Waals surface area contributed by atoms with Crippen molar-refractivity contribution in [3.8, 4) is 6.07 Å². The molecule has 7 nitrogen and oxygen atoms in total. The molecule has 1 aromatic heterocycles. The van der Waals surface area contributed by atoms with Crippen LogP contribution in [0, 0.1) is 39.0 Å². The molecule has 1 atom stereocenters. The van der Waals surface area contributed by atoms with Gasteiger partial charge in [-0.15, -0.1) is 0 Å². The van der Waals surface area contributed by atoms with Crippen molar-refractivity contribution in [3.63, 3.8) is 0 Å².